The summed E-state index contributed by atoms with van der Waals surface area (Å²) < 4.78 is 2.28. The second kappa shape index (κ2) is 10.4. The molecule has 6 nitrogen and oxygen atoms in total. The van der Waals surface area contributed by atoms with Crippen LogP contribution in [0.5, 0.6) is 0 Å². The van der Waals surface area contributed by atoms with Crippen LogP contribution >= 0.6 is 11.6 Å². The second-order valence-corrected chi connectivity index (χ2v) is 12.6. The number of pyridine rings is 1. The van der Waals surface area contributed by atoms with Gasteiger partial charge in [-0.05, 0) is 104 Å². The number of halogens is 1. The summed E-state index contributed by atoms with van der Waals surface area (Å²) in [7, 11) is 0. The fraction of sp³-hybridized carbons (Fsp3) is 0.500. The highest BCUT2D eigenvalue weighted by atomic mass is 35.5. The third-order valence-corrected chi connectivity index (χ3v) is 10.4. The summed E-state index contributed by atoms with van der Waals surface area (Å²) in [5.41, 5.74) is 6.58. The van der Waals surface area contributed by atoms with Gasteiger partial charge in [-0.15, -0.1) is 0 Å². The average Bonchev–Trinajstić information content (AvgIpc) is 3.58. The van der Waals surface area contributed by atoms with Gasteiger partial charge in [0.2, 0.25) is 0 Å². The molecule has 2 saturated heterocycles. The number of hydrogen-bond donors (Lipinski definition) is 0. The third-order valence-electron chi connectivity index (χ3n) is 10.1. The molecule has 0 radical (unpaired) electrons. The Bertz CT molecular complexity index is 1340. The maximum absolute atomic E-state index is 13.7. The summed E-state index contributed by atoms with van der Waals surface area (Å²) in [5.74, 6) is 0.212. The summed E-state index contributed by atoms with van der Waals surface area (Å²) in [4.78, 5) is 25.1. The molecule has 1 spiro atoms. The third kappa shape index (κ3) is 4.92. The molecule has 1 unspecified atom stereocenters. The Hall–Kier alpha value is -2.67. The highest BCUT2D eigenvalue weighted by Crippen LogP contribution is 2.42. The van der Waals surface area contributed by atoms with Crippen molar-refractivity contribution in [3.8, 4) is 0 Å². The minimum Gasteiger partial charge on any atom is -0.348 e. The van der Waals surface area contributed by atoms with Crippen LogP contribution in [0.2, 0.25) is 5.02 Å². The van der Waals surface area contributed by atoms with Crippen molar-refractivity contribution in [3.63, 3.8) is 0 Å². The number of aromatic nitrogens is 2. The monoisotopic (exact) mass is 543 g/mol. The molecule has 204 valence electrons. The van der Waals surface area contributed by atoms with E-state index in [0.717, 1.165) is 88.6 Å². The number of fused-ring (bicyclic) bond motifs is 2. The average molecular weight is 544 g/mol. The smallest absolute Gasteiger partial charge is 0.253 e. The molecular weight excluding hydrogens is 506 g/mol. The second-order valence-electron chi connectivity index (χ2n) is 12.2. The molecule has 1 aliphatic carbocycles. The van der Waals surface area contributed by atoms with E-state index in [1.165, 1.54) is 35.2 Å². The van der Waals surface area contributed by atoms with Crippen LogP contribution in [0.15, 0.2) is 55.0 Å². The molecule has 7 rings (SSSR count). The molecule has 5 heterocycles. The number of benzene rings is 1. The molecule has 0 bridgehead atoms. The summed E-state index contributed by atoms with van der Waals surface area (Å²) >= 11 is 6.47. The maximum Gasteiger partial charge on any atom is 0.253 e. The molecule has 0 N–H and O–H groups in total. The van der Waals surface area contributed by atoms with Gasteiger partial charge in [0.05, 0.1) is 10.7 Å². The van der Waals surface area contributed by atoms with Crippen LogP contribution < -0.4 is 0 Å². The Morgan fingerprint density at radius 1 is 0.949 bits per heavy atom. The van der Waals surface area contributed by atoms with Gasteiger partial charge in [-0.1, -0.05) is 17.7 Å². The van der Waals surface area contributed by atoms with Crippen LogP contribution in [0.3, 0.4) is 0 Å². The number of likely N-dealkylation sites (tertiary alicyclic amines) is 2. The molecule has 2 fully saturated rings. The van der Waals surface area contributed by atoms with Crippen molar-refractivity contribution in [2.45, 2.75) is 64.2 Å². The van der Waals surface area contributed by atoms with Crippen LogP contribution in [0.1, 0.15) is 70.9 Å². The van der Waals surface area contributed by atoms with Crippen LogP contribution in [-0.2, 0) is 26.1 Å². The van der Waals surface area contributed by atoms with Crippen LogP contribution in [0.4, 0.5) is 0 Å². The van der Waals surface area contributed by atoms with Gasteiger partial charge in [-0.25, -0.2) is 0 Å². The molecule has 1 atom stereocenters. The first-order valence-electron chi connectivity index (χ1n) is 14.7. The SMILES string of the molecule is O=C(c1ccc2c(c1)C(N1CCn3ccc(Cl)c3C1)CC2)N1CCC2(CCN(Cc3ccncc3)CC2)CC1. The maximum atomic E-state index is 13.7. The summed E-state index contributed by atoms with van der Waals surface area (Å²) in [6, 6.07) is 13.1. The molecule has 3 aliphatic heterocycles. The molecule has 3 aromatic rings. The van der Waals surface area contributed by atoms with Gasteiger partial charge in [-0.3, -0.25) is 19.6 Å². The quantitative estimate of drug-likeness (QED) is 0.432. The van der Waals surface area contributed by atoms with Gasteiger partial charge in [0.15, 0.2) is 0 Å². The highest BCUT2D eigenvalue weighted by molar-refractivity contribution is 6.31. The van der Waals surface area contributed by atoms with Crippen molar-refractivity contribution in [2.24, 2.45) is 5.41 Å². The number of aryl methyl sites for hydroxylation is 1. The fourth-order valence-electron chi connectivity index (χ4n) is 7.52. The van der Waals surface area contributed by atoms with Gasteiger partial charge < -0.3 is 9.47 Å². The predicted octanol–water partition coefficient (Wildman–Crippen LogP) is 5.56. The normalized spacial score (nSPS) is 23.1. The molecule has 7 heteroatoms. The van der Waals surface area contributed by atoms with Gasteiger partial charge in [-0.2, -0.15) is 0 Å². The molecular formula is C32H38ClN5O. The molecule has 4 aliphatic rings. The number of carbonyl (C=O) groups is 1. The van der Waals surface area contributed by atoms with Crippen LogP contribution in [0, 0.1) is 5.41 Å². The van der Waals surface area contributed by atoms with E-state index < -0.39 is 0 Å². The zero-order valence-electron chi connectivity index (χ0n) is 22.7. The van der Waals surface area contributed by atoms with E-state index in [4.69, 9.17) is 11.6 Å². The van der Waals surface area contributed by atoms with E-state index in [1.54, 1.807) is 0 Å². The van der Waals surface area contributed by atoms with Crippen LogP contribution in [-0.4, -0.2) is 62.9 Å². The number of piperidine rings is 2. The summed E-state index contributed by atoms with van der Waals surface area (Å²) in [5, 5.41) is 0.865. The Balaban J connectivity index is 0.975. The number of hydrogen-bond acceptors (Lipinski definition) is 4. The number of nitrogens with zero attached hydrogens (tertiary/aromatic N) is 5. The molecule has 39 heavy (non-hydrogen) atoms. The summed E-state index contributed by atoms with van der Waals surface area (Å²) in [6.07, 6.45) is 12.8. The van der Waals surface area contributed by atoms with E-state index in [1.807, 2.05) is 18.5 Å². The van der Waals surface area contributed by atoms with Gasteiger partial charge >= 0.3 is 0 Å². The topological polar surface area (TPSA) is 44.6 Å². The van der Waals surface area contributed by atoms with Crippen LogP contribution in [0.25, 0.3) is 0 Å². The van der Waals surface area contributed by atoms with E-state index in [-0.39, 0.29) is 5.91 Å². The lowest BCUT2D eigenvalue weighted by atomic mass is 9.71. The molecule has 2 aromatic heterocycles. The highest BCUT2D eigenvalue weighted by Gasteiger charge is 2.39. The number of carbonyl (C=O) groups excluding carboxylic acids is 1. The lowest BCUT2D eigenvalue weighted by Crippen LogP contribution is -2.48. The minimum atomic E-state index is 0.212. The van der Waals surface area contributed by atoms with Gasteiger partial charge in [0, 0.05) is 69.5 Å². The predicted molar refractivity (Wildman–Crippen MR) is 154 cm³/mol. The molecule has 0 saturated carbocycles. The van der Waals surface area contributed by atoms with E-state index in [9.17, 15) is 4.79 Å². The first-order valence-corrected chi connectivity index (χ1v) is 15.1. The zero-order chi connectivity index (χ0) is 26.4. The Morgan fingerprint density at radius 2 is 1.72 bits per heavy atom. The molecule has 1 aromatic carbocycles. The first-order chi connectivity index (χ1) is 19.1. The van der Waals surface area contributed by atoms with E-state index in [2.05, 4.69) is 60.8 Å². The van der Waals surface area contributed by atoms with Crippen molar-refractivity contribution in [1.29, 1.82) is 0 Å². The van der Waals surface area contributed by atoms with Crippen molar-refractivity contribution >= 4 is 17.5 Å². The minimum absolute atomic E-state index is 0.212. The standard InChI is InChI=1S/C32H38ClN5O/c33-28-7-14-36-19-20-38(23-30(28)36)29-4-3-25-1-2-26(21-27(25)29)31(39)37-17-10-32(11-18-37)8-15-35(16-9-32)22-24-5-12-34-13-6-24/h1-2,5-7,12-14,21,29H,3-4,8-11,15-20,22-23H2. The summed E-state index contributed by atoms with van der Waals surface area (Å²) in [6.45, 7) is 7.94. The Labute approximate surface area is 236 Å². The zero-order valence-corrected chi connectivity index (χ0v) is 23.5. The number of rotatable bonds is 4. The molecule has 1 amide bonds. The van der Waals surface area contributed by atoms with Crippen molar-refractivity contribution < 1.29 is 4.79 Å². The van der Waals surface area contributed by atoms with Gasteiger partial charge in [0.1, 0.15) is 0 Å². The number of amides is 1. The van der Waals surface area contributed by atoms with Crippen molar-refractivity contribution in [2.75, 3.05) is 32.7 Å². The Kier molecular flexibility index (Phi) is 6.74. The van der Waals surface area contributed by atoms with Crippen molar-refractivity contribution in [3.05, 3.63) is 88.0 Å². The largest absolute Gasteiger partial charge is 0.348 e. The first kappa shape index (κ1) is 25.3. The lowest BCUT2D eigenvalue weighted by molar-refractivity contribution is 0.0285. The lowest BCUT2D eigenvalue weighted by Gasteiger charge is -2.47. The van der Waals surface area contributed by atoms with E-state index >= 15 is 0 Å². The van der Waals surface area contributed by atoms with Gasteiger partial charge in [0.25, 0.3) is 5.91 Å². The Morgan fingerprint density at radius 3 is 2.51 bits per heavy atom. The van der Waals surface area contributed by atoms with E-state index in [0.29, 0.717) is 11.5 Å². The van der Waals surface area contributed by atoms with Crippen molar-refractivity contribution in [1.82, 2.24) is 24.3 Å². The fourth-order valence-corrected chi connectivity index (χ4v) is 7.74.